The Morgan fingerprint density at radius 1 is 1.40 bits per heavy atom. The summed E-state index contributed by atoms with van der Waals surface area (Å²) in [7, 11) is 0. The van der Waals surface area contributed by atoms with Gasteiger partial charge in [-0.25, -0.2) is 0 Å². The summed E-state index contributed by atoms with van der Waals surface area (Å²) < 4.78 is 0.939. The predicted molar refractivity (Wildman–Crippen MR) is 56.2 cm³/mol. The molecule has 15 heavy (non-hydrogen) atoms. The van der Waals surface area contributed by atoms with Crippen molar-refractivity contribution in [3.63, 3.8) is 0 Å². The Morgan fingerprint density at radius 3 is 2.47 bits per heavy atom. The molecule has 0 saturated carbocycles. The smallest absolute Gasteiger partial charge is 0.387 e. The van der Waals surface area contributed by atoms with Crippen LogP contribution in [0.1, 0.15) is 5.56 Å². The van der Waals surface area contributed by atoms with E-state index >= 15 is 0 Å². The van der Waals surface area contributed by atoms with Crippen molar-refractivity contribution in [3.8, 4) is 0 Å². The number of halogens is 1. The van der Waals surface area contributed by atoms with Gasteiger partial charge in [0, 0.05) is 10.5 Å². The summed E-state index contributed by atoms with van der Waals surface area (Å²) in [6, 6.07) is 7.27. The highest BCUT2D eigenvalue weighted by molar-refractivity contribution is 9.10. The van der Waals surface area contributed by atoms with Crippen molar-refractivity contribution in [2.45, 2.75) is 0 Å². The molecule has 0 unspecified atom stereocenters. The molecule has 1 aromatic carbocycles. The fourth-order valence-electron chi connectivity index (χ4n) is 0.900. The maximum absolute atomic E-state index is 10.4. The number of carboxylic acid groups (broad SMARTS) is 1. The van der Waals surface area contributed by atoms with Gasteiger partial charge in [0.2, 0.25) is 0 Å². The van der Waals surface area contributed by atoms with Crippen LogP contribution in [-0.2, 0) is 4.79 Å². The Balaban J connectivity index is 2.86. The molecular weight excluding hydrogens is 260 g/mol. The predicted octanol–water partition coefficient (Wildman–Crippen LogP) is 0.892. The Labute approximate surface area is 94.6 Å². The lowest BCUT2D eigenvalue weighted by molar-refractivity contribution is -0.298. The molecule has 0 bridgehead atoms. The average molecular weight is 267 g/mol. The van der Waals surface area contributed by atoms with Gasteiger partial charge >= 0.3 is 5.71 Å². The number of carbonyl (C=O) groups is 1. The van der Waals surface area contributed by atoms with Crippen LogP contribution in [0.25, 0.3) is 6.08 Å². The molecule has 0 heterocycles. The normalized spacial score (nSPS) is 9.93. The van der Waals surface area contributed by atoms with E-state index in [4.69, 9.17) is 5.53 Å². The molecule has 0 aromatic heterocycles. The summed E-state index contributed by atoms with van der Waals surface area (Å²) in [5.41, 5.74) is 7.01. The third-order valence-electron chi connectivity index (χ3n) is 1.63. The molecule has 0 spiro atoms. The van der Waals surface area contributed by atoms with Crippen molar-refractivity contribution in [1.82, 2.24) is 0 Å². The first-order chi connectivity index (χ1) is 7.13. The Morgan fingerprint density at radius 2 is 2.00 bits per heavy atom. The first-order valence-corrected chi connectivity index (χ1v) is 4.82. The second kappa shape index (κ2) is 5.24. The average Bonchev–Trinajstić information content (AvgIpc) is 2.21. The zero-order valence-corrected chi connectivity index (χ0v) is 9.19. The largest absolute Gasteiger partial charge is 0.538 e. The number of benzene rings is 1. The van der Waals surface area contributed by atoms with Crippen molar-refractivity contribution < 1.29 is 14.7 Å². The molecule has 0 saturated heterocycles. The molecule has 4 nitrogen and oxygen atoms in total. The Bertz CT molecular complexity index is 445. The number of nitrogens with one attached hydrogen (secondary N) is 1. The maximum atomic E-state index is 10.4. The summed E-state index contributed by atoms with van der Waals surface area (Å²) in [6.07, 6.45) is 2.78. The summed E-state index contributed by atoms with van der Waals surface area (Å²) in [5.74, 6) is -1.46. The molecule has 0 amide bonds. The maximum Gasteiger partial charge on any atom is 0.387 e. The molecule has 5 heteroatoms. The molecule has 0 atom stereocenters. The highest BCUT2D eigenvalue weighted by Gasteiger charge is 2.06. The van der Waals surface area contributed by atoms with E-state index in [1.54, 1.807) is 18.2 Å². The zero-order valence-electron chi connectivity index (χ0n) is 7.61. The standard InChI is InChI=1S/C10H7BrN2O2/c11-8-4-1-7(2-5-8)3-6-9(13-12)10(14)15/h1-6,12H. The van der Waals surface area contributed by atoms with Crippen molar-refractivity contribution in [3.05, 3.63) is 40.4 Å². The molecule has 0 radical (unpaired) electrons. The van der Waals surface area contributed by atoms with Crippen LogP contribution in [0.3, 0.4) is 0 Å². The van der Waals surface area contributed by atoms with E-state index in [1.165, 1.54) is 6.08 Å². The number of aliphatic carboxylic acids is 1. The van der Waals surface area contributed by atoms with Gasteiger partial charge in [-0.05, 0) is 23.8 Å². The van der Waals surface area contributed by atoms with Crippen LogP contribution in [0, 0.1) is 5.53 Å². The lowest BCUT2D eigenvalue weighted by atomic mass is 10.2. The summed E-state index contributed by atoms with van der Waals surface area (Å²) in [6.45, 7) is 0. The molecule has 0 aliphatic heterocycles. The van der Waals surface area contributed by atoms with E-state index in [1.807, 2.05) is 12.1 Å². The quantitative estimate of drug-likeness (QED) is 0.501. The van der Waals surface area contributed by atoms with E-state index in [0.717, 1.165) is 10.0 Å². The van der Waals surface area contributed by atoms with Crippen LogP contribution in [0.15, 0.2) is 34.8 Å². The van der Waals surface area contributed by atoms with Gasteiger partial charge in [0.1, 0.15) is 0 Å². The van der Waals surface area contributed by atoms with E-state index < -0.39 is 11.7 Å². The Kier molecular flexibility index (Phi) is 3.97. The van der Waals surface area contributed by atoms with Gasteiger partial charge in [0.25, 0.3) is 0 Å². The van der Waals surface area contributed by atoms with E-state index in [0.29, 0.717) is 0 Å². The number of carboxylic acids is 1. The van der Waals surface area contributed by atoms with Crippen molar-refractivity contribution in [1.29, 1.82) is 5.53 Å². The molecule has 76 valence electrons. The second-order valence-corrected chi connectivity index (χ2v) is 3.59. The molecule has 0 aliphatic rings. The van der Waals surface area contributed by atoms with Crippen LogP contribution in [0.2, 0.25) is 0 Å². The molecule has 0 aliphatic carbocycles. The number of hydrogen-bond donors (Lipinski definition) is 1. The lowest BCUT2D eigenvalue weighted by Gasteiger charge is -1.92. The Hall–Kier alpha value is -1.71. The minimum Gasteiger partial charge on any atom is -0.538 e. The number of carbonyl (C=O) groups excluding carboxylic acids is 1. The van der Waals surface area contributed by atoms with E-state index in [9.17, 15) is 9.90 Å². The van der Waals surface area contributed by atoms with Gasteiger partial charge in [-0.2, -0.15) is 0 Å². The second-order valence-electron chi connectivity index (χ2n) is 2.67. The first-order valence-electron chi connectivity index (χ1n) is 4.03. The minimum absolute atomic E-state index is 0.405. The topological polar surface area (TPSA) is 78.1 Å². The lowest BCUT2D eigenvalue weighted by Crippen LogP contribution is -2.30. The molecule has 1 aromatic rings. The number of nitrogens with zero attached hydrogens (tertiary/aromatic N) is 1. The van der Waals surface area contributed by atoms with Crippen molar-refractivity contribution in [2.75, 3.05) is 0 Å². The van der Waals surface area contributed by atoms with E-state index in [-0.39, 0.29) is 0 Å². The van der Waals surface area contributed by atoms with Crippen LogP contribution < -0.4 is 5.11 Å². The summed E-state index contributed by atoms with van der Waals surface area (Å²) in [4.78, 5) is 13.2. The van der Waals surface area contributed by atoms with Crippen LogP contribution in [0.5, 0.6) is 0 Å². The monoisotopic (exact) mass is 266 g/mol. The zero-order chi connectivity index (χ0) is 11.3. The first kappa shape index (κ1) is 11.4. The van der Waals surface area contributed by atoms with Crippen LogP contribution >= 0.6 is 15.9 Å². The fraction of sp³-hybridized carbons (Fsp3) is 0. The minimum atomic E-state index is -1.46. The molecule has 0 fully saturated rings. The third kappa shape index (κ3) is 3.50. The van der Waals surface area contributed by atoms with Crippen molar-refractivity contribution >= 4 is 33.7 Å². The van der Waals surface area contributed by atoms with Gasteiger partial charge in [-0.1, -0.05) is 28.1 Å². The van der Waals surface area contributed by atoms with Gasteiger partial charge in [0.05, 0.1) is 10.3 Å². The third-order valence-corrected chi connectivity index (χ3v) is 2.16. The van der Waals surface area contributed by atoms with Gasteiger partial charge < -0.3 is 9.90 Å². The van der Waals surface area contributed by atoms with Crippen molar-refractivity contribution in [2.24, 2.45) is 0 Å². The number of hydrogen-bond acceptors (Lipinski definition) is 3. The van der Waals surface area contributed by atoms with Crippen LogP contribution in [0.4, 0.5) is 0 Å². The summed E-state index contributed by atoms with van der Waals surface area (Å²) in [5, 5.41) is 10.4. The molecule has 1 rings (SSSR count). The van der Waals surface area contributed by atoms with Gasteiger partial charge in [-0.3, -0.25) is 0 Å². The summed E-state index contributed by atoms with van der Waals surface area (Å²) >= 11 is 3.28. The highest BCUT2D eigenvalue weighted by atomic mass is 79.9. The molecular formula is C10H7BrN2O2. The van der Waals surface area contributed by atoms with Gasteiger partial charge in [-0.15, -0.1) is 0 Å². The molecule has 1 N–H and O–H groups in total. The van der Waals surface area contributed by atoms with Crippen LogP contribution in [-0.4, -0.2) is 16.5 Å². The van der Waals surface area contributed by atoms with E-state index in [2.05, 4.69) is 20.7 Å². The number of rotatable bonds is 3. The van der Waals surface area contributed by atoms with Gasteiger partial charge in [0.15, 0.2) is 5.97 Å². The fourth-order valence-corrected chi connectivity index (χ4v) is 1.16. The highest BCUT2D eigenvalue weighted by Crippen LogP contribution is 2.11. The SMILES string of the molecule is N=[N+]=C(C=Cc1ccc(Br)cc1)C(=O)[O-].